The number of benzene rings is 1. The van der Waals surface area contributed by atoms with E-state index in [2.05, 4.69) is 30.1 Å². The molecule has 0 amide bonds. The minimum absolute atomic E-state index is 0.150. The molecule has 1 aliphatic heterocycles. The molecule has 0 saturated carbocycles. The molecule has 3 nitrogen and oxygen atoms in total. The summed E-state index contributed by atoms with van der Waals surface area (Å²) in [6, 6.07) is 8.78. The van der Waals surface area contributed by atoms with Gasteiger partial charge in [-0.1, -0.05) is 6.07 Å². The zero-order valence-corrected chi connectivity index (χ0v) is 11.5. The van der Waals surface area contributed by atoms with Crippen LogP contribution in [0.1, 0.15) is 31.0 Å². The van der Waals surface area contributed by atoms with Gasteiger partial charge >= 0.3 is 0 Å². The summed E-state index contributed by atoms with van der Waals surface area (Å²) >= 11 is 0. The molecule has 1 heterocycles. The Morgan fingerprint density at radius 3 is 2.78 bits per heavy atom. The summed E-state index contributed by atoms with van der Waals surface area (Å²) in [5.41, 5.74) is 2.18. The fourth-order valence-electron chi connectivity index (χ4n) is 2.86. The van der Waals surface area contributed by atoms with Crippen LogP contribution in [0.3, 0.4) is 0 Å². The van der Waals surface area contributed by atoms with E-state index in [1.165, 1.54) is 11.1 Å². The van der Waals surface area contributed by atoms with Crippen LogP contribution in [-0.2, 0) is 6.42 Å². The maximum absolute atomic E-state index is 9.39. The Kier molecular flexibility index (Phi) is 3.32. The van der Waals surface area contributed by atoms with E-state index in [-0.39, 0.29) is 6.04 Å². The topological polar surface area (TPSA) is 36.3 Å². The monoisotopic (exact) mass is 244 g/mol. The molecule has 1 aromatic rings. The Bertz CT molecular complexity index is 488. The Labute approximate surface area is 109 Å². The molecule has 96 valence electrons. The molecule has 0 radical (unpaired) electrons. The van der Waals surface area contributed by atoms with Crippen LogP contribution in [0.25, 0.3) is 0 Å². The third-order valence-corrected chi connectivity index (χ3v) is 3.79. The van der Waals surface area contributed by atoms with E-state index in [0.717, 1.165) is 18.7 Å². The van der Waals surface area contributed by atoms with Crippen LogP contribution in [-0.4, -0.2) is 25.6 Å². The van der Waals surface area contributed by atoms with Gasteiger partial charge in [-0.2, -0.15) is 5.26 Å². The van der Waals surface area contributed by atoms with Gasteiger partial charge in [0.15, 0.2) is 0 Å². The molecule has 0 fully saturated rings. The lowest BCUT2D eigenvalue weighted by Gasteiger charge is -2.41. The molecule has 0 aromatic heterocycles. The van der Waals surface area contributed by atoms with E-state index >= 15 is 0 Å². The van der Waals surface area contributed by atoms with Crippen LogP contribution in [0, 0.1) is 16.7 Å². The molecule has 1 aromatic carbocycles. The van der Waals surface area contributed by atoms with E-state index in [0.29, 0.717) is 0 Å². The first-order valence-corrected chi connectivity index (χ1v) is 6.28. The average Bonchev–Trinajstić information content (AvgIpc) is 2.37. The van der Waals surface area contributed by atoms with Crippen LogP contribution >= 0.6 is 0 Å². The molecule has 1 atom stereocenters. The van der Waals surface area contributed by atoms with Crippen molar-refractivity contribution < 1.29 is 4.74 Å². The zero-order valence-electron chi connectivity index (χ0n) is 11.5. The van der Waals surface area contributed by atoms with Gasteiger partial charge in [0.2, 0.25) is 0 Å². The van der Waals surface area contributed by atoms with Gasteiger partial charge in [0.1, 0.15) is 5.75 Å². The highest BCUT2D eigenvalue weighted by molar-refractivity contribution is 5.40. The van der Waals surface area contributed by atoms with E-state index in [1.54, 1.807) is 7.11 Å². The Morgan fingerprint density at radius 1 is 1.44 bits per heavy atom. The molecule has 0 bridgehead atoms. The second-order valence-electron chi connectivity index (χ2n) is 5.53. The first kappa shape index (κ1) is 12.9. The number of ether oxygens (including phenoxy) is 1. The highest BCUT2D eigenvalue weighted by Crippen LogP contribution is 2.42. The molecule has 0 N–H and O–H groups in total. The van der Waals surface area contributed by atoms with Crippen molar-refractivity contribution in [2.75, 3.05) is 20.7 Å². The van der Waals surface area contributed by atoms with Crippen molar-refractivity contribution >= 4 is 0 Å². The van der Waals surface area contributed by atoms with Gasteiger partial charge in [0.05, 0.1) is 24.6 Å². The van der Waals surface area contributed by atoms with Crippen molar-refractivity contribution in [3.63, 3.8) is 0 Å². The third-order valence-electron chi connectivity index (χ3n) is 3.79. The van der Waals surface area contributed by atoms with Gasteiger partial charge in [0, 0.05) is 6.54 Å². The van der Waals surface area contributed by atoms with Crippen molar-refractivity contribution in [1.82, 2.24) is 4.90 Å². The summed E-state index contributed by atoms with van der Waals surface area (Å²) in [7, 11) is 3.78. The first-order valence-electron chi connectivity index (χ1n) is 6.28. The number of nitriles is 1. The summed E-state index contributed by atoms with van der Waals surface area (Å²) in [6.07, 6.45) is 1.01. The fraction of sp³-hybridized carbons (Fsp3) is 0.533. The summed E-state index contributed by atoms with van der Waals surface area (Å²) in [5, 5.41) is 9.39. The lowest BCUT2D eigenvalue weighted by Crippen LogP contribution is -2.40. The van der Waals surface area contributed by atoms with Crippen LogP contribution in [0.5, 0.6) is 5.75 Å². The second kappa shape index (κ2) is 4.62. The van der Waals surface area contributed by atoms with Crippen LogP contribution in [0.4, 0.5) is 0 Å². The quantitative estimate of drug-likeness (QED) is 0.802. The standard InChI is InChI=1S/C15H20N2O/c1-15(2,10-16)14-13-6-5-12(18-4)9-11(13)7-8-17(14)3/h5-6,9,14H,7-8H2,1-4H3. The van der Waals surface area contributed by atoms with Crippen molar-refractivity contribution in [2.24, 2.45) is 5.41 Å². The second-order valence-corrected chi connectivity index (χ2v) is 5.53. The Balaban J connectivity index is 2.49. The van der Waals surface area contributed by atoms with Crippen LogP contribution in [0.15, 0.2) is 18.2 Å². The van der Waals surface area contributed by atoms with E-state index < -0.39 is 5.41 Å². The lowest BCUT2D eigenvalue weighted by atomic mass is 9.77. The predicted octanol–water partition coefficient (Wildman–Crippen LogP) is 2.77. The van der Waals surface area contributed by atoms with Gasteiger partial charge in [-0.05, 0) is 50.6 Å². The van der Waals surface area contributed by atoms with Gasteiger partial charge in [-0.25, -0.2) is 0 Å². The zero-order chi connectivity index (χ0) is 13.3. The molecule has 0 spiro atoms. The molecule has 1 unspecified atom stereocenters. The van der Waals surface area contributed by atoms with Crippen molar-refractivity contribution in [2.45, 2.75) is 26.3 Å². The van der Waals surface area contributed by atoms with E-state index in [1.807, 2.05) is 19.9 Å². The summed E-state index contributed by atoms with van der Waals surface area (Å²) < 4.78 is 5.28. The molecule has 3 heteroatoms. The smallest absolute Gasteiger partial charge is 0.119 e. The number of methoxy groups -OCH3 is 1. The largest absolute Gasteiger partial charge is 0.497 e. The maximum atomic E-state index is 9.39. The van der Waals surface area contributed by atoms with Gasteiger partial charge in [-0.3, -0.25) is 4.90 Å². The third kappa shape index (κ3) is 2.09. The lowest BCUT2D eigenvalue weighted by molar-refractivity contribution is 0.141. The minimum Gasteiger partial charge on any atom is -0.497 e. The summed E-state index contributed by atoms with van der Waals surface area (Å²) in [6.45, 7) is 5.00. The first-order chi connectivity index (χ1) is 8.49. The Morgan fingerprint density at radius 2 is 2.17 bits per heavy atom. The summed E-state index contributed by atoms with van der Waals surface area (Å²) in [4.78, 5) is 2.28. The van der Waals surface area contributed by atoms with Crippen molar-refractivity contribution in [3.8, 4) is 11.8 Å². The van der Waals surface area contributed by atoms with Crippen LogP contribution < -0.4 is 4.74 Å². The van der Waals surface area contributed by atoms with Crippen molar-refractivity contribution in [3.05, 3.63) is 29.3 Å². The predicted molar refractivity (Wildman–Crippen MR) is 71.5 cm³/mol. The molecular formula is C15H20N2O. The molecule has 18 heavy (non-hydrogen) atoms. The normalized spacial score (nSPS) is 20.1. The fourth-order valence-corrected chi connectivity index (χ4v) is 2.86. The Hall–Kier alpha value is -1.53. The van der Waals surface area contributed by atoms with Gasteiger partial charge < -0.3 is 4.74 Å². The van der Waals surface area contributed by atoms with E-state index in [9.17, 15) is 5.26 Å². The molecular weight excluding hydrogens is 224 g/mol. The molecule has 0 aliphatic carbocycles. The number of hydrogen-bond acceptors (Lipinski definition) is 3. The number of likely N-dealkylation sites (N-methyl/N-ethyl adjacent to an activating group) is 1. The number of hydrogen-bond donors (Lipinski definition) is 0. The molecule has 1 aliphatic rings. The number of nitrogens with zero attached hydrogens (tertiary/aromatic N) is 2. The van der Waals surface area contributed by atoms with Crippen molar-refractivity contribution in [1.29, 1.82) is 5.26 Å². The minimum atomic E-state index is -0.390. The summed E-state index contributed by atoms with van der Waals surface area (Å²) in [5.74, 6) is 0.895. The van der Waals surface area contributed by atoms with E-state index in [4.69, 9.17) is 4.74 Å². The van der Waals surface area contributed by atoms with Gasteiger partial charge in [0.25, 0.3) is 0 Å². The molecule has 2 rings (SSSR count). The number of fused-ring (bicyclic) bond motifs is 1. The average molecular weight is 244 g/mol. The number of rotatable bonds is 2. The highest BCUT2D eigenvalue weighted by atomic mass is 16.5. The van der Waals surface area contributed by atoms with Gasteiger partial charge in [-0.15, -0.1) is 0 Å². The van der Waals surface area contributed by atoms with Crippen LogP contribution in [0.2, 0.25) is 0 Å². The maximum Gasteiger partial charge on any atom is 0.119 e. The SMILES string of the molecule is COc1ccc2c(c1)CCN(C)C2C(C)(C)C#N. The highest BCUT2D eigenvalue weighted by Gasteiger charge is 2.37. The molecule has 0 saturated heterocycles.